The van der Waals surface area contributed by atoms with Crippen LogP contribution in [0.2, 0.25) is 10.0 Å². The summed E-state index contributed by atoms with van der Waals surface area (Å²) >= 11 is 14.2. The minimum Gasteiger partial charge on any atom is -0.489 e. The monoisotopic (exact) mass is 1020 g/mol. The number of unbranched alkanes of at least 4 members (excludes halogenated alkanes) is 1. The standard InChI is InChI=1S/C53H64Cl2N12O3S/c1-32-33(2)71-48-44(32)45(36-10-13-39(54)14-11-36)60-42(46-63-62-34(3)67(46)48)27-43(68)57-18-8-9-19-64-22-24-65(25-23-64)31-35-16-20-66(21-17-35)51-58-29-38(30-59-51)47(69)61-49-52(4,5)50(53(49,6)7)70-40-15-12-37(28-56)41(55)26-40/h10-15,26,29-30,35,42,49-50H,8-9,16-25,27,31H2,1-7H3,(H,57,68)(H,61,69)/t42-,49?,50?/m0/s1. The Morgan fingerprint density at radius 3 is 2.27 bits per heavy atom. The second-order valence-corrected chi connectivity index (χ2v) is 22.9. The van der Waals surface area contributed by atoms with Gasteiger partial charge in [-0.25, -0.2) is 9.97 Å². The molecule has 0 radical (unpaired) electrons. The normalized spacial score (nSPS) is 21.0. The molecule has 6 heterocycles. The van der Waals surface area contributed by atoms with E-state index in [0.717, 1.165) is 111 Å². The number of carbonyl (C=O) groups excluding carboxylic acids is 2. The first-order chi connectivity index (χ1) is 34.0. The molecule has 0 unspecified atom stereocenters. The average Bonchev–Trinajstić information content (AvgIpc) is 3.84. The summed E-state index contributed by atoms with van der Waals surface area (Å²) in [6, 6.07) is 14.3. The zero-order valence-electron chi connectivity index (χ0n) is 41.8. The molecule has 18 heteroatoms. The van der Waals surface area contributed by atoms with E-state index in [1.165, 1.54) is 4.88 Å². The minimum atomic E-state index is -0.487. The molecule has 2 saturated heterocycles. The first kappa shape index (κ1) is 50.5. The maximum absolute atomic E-state index is 13.5. The number of halogens is 2. The number of fused-ring (bicyclic) bond motifs is 3. The van der Waals surface area contributed by atoms with Gasteiger partial charge in [-0.05, 0) is 88.7 Å². The number of amides is 2. The number of piperidine rings is 1. The molecule has 15 nitrogen and oxygen atoms in total. The lowest BCUT2D eigenvalue weighted by Gasteiger charge is -2.63. The summed E-state index contributed by atoms with van der Waals surface area (Å²) in [7, 11) is 0. The largest absolute Gasteiger partial charge is 0.489 e. The topological polar surface area (TPSA) is 170 Å². The maximum atomic E-state index is 13.5. The number of benzene rings is 2. The number of nitrogens with one attached hydrogen (secondary N) is 2. The predicted octanol–water partition coefficient (Wildman–Crippen LogP) is 8.55. The highest BCUT2D eigenvalue weighted by atomic mass is 35.5. The van der Waals surface area contributed by atoms with Gasteiger partial charge in [0.15, 0.2) is 5.82 Å². The van der Waals surface area contributed by atoms with Crippen molar-refractivity contribution >= 4 is 58.0 Å². The SMILES string of the molecule is Cc1sc2c(c1C)C(c1ccc(Cl)cc1)=N[C@@H](CC(=O)NCCCCN1CCN(CC3CCN(c4ncc(C(=O)NC5C(C)(C)C(Oc6ccc(C#N)c(Cl)c6)C5(C)C)cn4)CC3)CC1)c1nnc(C)n1-2. The zero-order valence-corrected chi connectivity index (χ0v) is 44.1. The lowest BCUT2D eigenvalue weighted by molar-refractivity contribution is -0.164. The third-order valence-electron chi connectivity index (χ3n) is 15.2. The predicted molar refractivity (Wildman–Crippen MR) is 279 cm³/mol. The summed E-state index contributed by atoms with van der Waals surface area (Å²) in [5.74, 6) is 3.08. The second kappa shape index (κ2) is 21.0. The van der Waals surface area contributed by atoms with E-state index in [1.807, 2.05) is 31.2 Å². The van der Waals surface area contributed by atoms with E-state index < -0.39 is 6.04 Å². The van der Waals surface area contributed by atoms with Crippen molar-refractivity contribution in [3.8, 4) is 16.8 Å². The number of carbonyl (C=O) groups is 2. The Hall–Kier alpha value is -5.44. The summed E-state index contributed by atoms with van der Waals surface area (Å²) in [4.78, 5) is 50.1. The number of aromatic nitrogens is 5. The minimum absolute atomic E-state index is 0.0434. The van der Waals surface area contributed by atoms with Gasteiger partial charge in [-0.2, -0.15) is 5.26 Å². The fourth-order valence-corrected chi connectivity index (χ4v) is 12.9. The van der Waals surface area contributed by atoms with Gasteiger partial charge >= 0.3 is 0 Å². The van der Waals surface area contributed by atoms with Crippen molar-refractivity contribution in [2.24, 2.45) is 21.7 Å². The van der Waals surface area contributed by atoms with Crippen LogP contribution in [0.3, 0.4) is 0 Å². The first-order valence-electron chi connectivity index (χ1n) is 24.8. The number of nitrogens with zero attached hydrogens (tertiary/aromatic N) is 10. The van der Waals surface area contributed by atoms with Crippen LogP contribution in [-0.4, -0.2) is 123 Å². The highest BCUT2D eigenvalue weighted by molar-refractivity contribution is 7.15. The number of hydrogen-bond donors (Lipinski definition) is 2. The van der Waals surface area contributed by atoms with E-state index in [1.54, 1.807) is 41.9 Å². The molecule has 2 aromatic carbocycles. The Morgan fingerprint density at radius 2 is 1.59 bits per heavy atom. The molecule has 2 N–H and O–H groups in total. The number of piperazine rings is 1. The zero-order chi connectivity index (χ0) is 50.2. The molecule has 2 amide bonds. The van der Waals surface area contributed by atoms with E-state index in [9.17, 15) is 14.9 Å². The number of aryl methyl sites for hydroxylation is 2. The first-order valence-corrected chi connectivity index (χ1v) is 26.4. The smallest absolute Gasteiger partial charge is 0.254 e. The Bertz CT molecular complexity index is 2810. The molecule has 4 aliphatic rings. The second-order valence-electron chi connectivity index (χ2n) is 20.8. The number of anilines is 1. The molecular weight excluding hydrogens is 956 g/mol. The molecule has 374 valence electrons. The lowest BCUT2D eigenvalue weighted by Crippen LogP contribution is -2.74. The van der Waals surface area contributed by atoms with Gasteiger partial charge in [-0.1, -0.05) is 63.0 Å². The van der Waals surface area contributed by atoms with E-state index >= 15 is 0 Å². The average molecular weight is 1020 g/mol. The summed E-state index contributed by atoms with van der Waals surface area (Å²) in [6.45, 7) is 23.3. The number of aliphatic imine (C=N–C) groups is 1. The Kier molecular flexibility index (Phi) is 14.9. The van der Waals surface area contributed by atoms with Gasteiger partial charge in [0.1, 0.15) is 34.8 Å². The van der Waals surface area contributed by atoms with Crippen molar-refractivity contribution in [3.05, 3.63) is 109 Å². The van der Waals surface area contributed by atoms with Gasteiger partial charge in [0.05, 0.1) is 28.3 Å². The van der Waals surface area contributed by atoms with Crippen LogP contribution in [0.4, 0.5) is 5.95 Å². The van der Waals surface area contributed by atoms with Gasteiger partial charge in [0, 0.05) is 109 Å². The molecule has 0 bridgehead atoms. The van der Waals surface area contributed by atoms with Crippen LogP contribution < -0.4 is 20.3 Å². The fraction of sp³-hybridized carbons (Fsp3) is 0.509. The number of thiophene rings is 1. The van der Waals surface area contributed by atoms with Crippen molar-refractivity contribution in [2.45, 2.75) is 98.8 Å². The third kappa shape index (κ3) is 10.6. The fourth-order valence-electron chi connectivity index (χ4n) is 11.4. The van der Waals surface area contributed by atoms with E-state index in [0.29, 0.717) is 51.2 Å². The Labute approximate surface area is 431 Å². The molecule has 0 spiro atoms. The number of rotatable bonds is 15. The van der Waals surface area contributed by atoms with E-state index in [4.69, 9.17) is 32.9 Å². The van der Waals surface area contributed by atoms with Crippen LogP contribution in [0.25, 0.3) is 5.00 Å². The van der Waals surface area contributed by atoms with Gasteiger partial charge in [-0.15, -0.1) is 21.5 Å². The number of ether oxygens (including phenoxy) is 1. The molecule has 71 heavy (non-hydrogen) atoms. The molecule has 1 saturated carbocycles. The summed E-state index contributed by atoms with van der Waals surface area (Å²) in [5.41, 5.74) is 4.10. The van der Waals surface area contributed by atoms with Crippen molar-refractivity contribution in [1.29, 1.82) is 5.26 Å². The Balaban J connectivity index is 0.676. The van der Waals surface area contributed by atoms with E-state index in [2.05, 4.69) is 97.7 Å². The van der Waals surface area contributed by atoms with Crippen LogP contribution in [0.1, 0.15) is 115 Å². The highest BCUT2D eigenvalue weighted by Crippen LogP contribution is 2.55. The van der Waals surface area contributed by atoms with Gasteiger partial charge in [0.25, 0.3) is 5.91 Å². The van der Waals surface area contributed by atoms with Crippen LogP contribution in [0.15, 0.2) is 59.9 Å². The van der Waals surface area contributed by atoms with Crippen molar-refractivity contribution in [1.82, 2.24) is 45.2 Å². The third-order valence-corrected chi connectivity index (χ3v) is 16.9. The molecule has 1 atom stereocenters. The molecule has 3 aliphatic heterocycles. The van der Waals surface area contributed by atoms with Crippen molar-refractivity contribution < 1.29 is 14.3 Å². The molecule has 3 fully saturated rings. The van der Waals surface area contributed by atoms with Crippen LogP contribution in [-0.2, 0) is 4.79 Å². The van der Waals surface area contributed by atoms with Crippen LogP contribution in [0.5, 0.6) is 5.75 Å². The van der Waals surface area contributed by atoms with Gasteiger partial charge in [-0.3, -0.25) is 19.1 Å². The molecule has 5 aromatic rings. The molecule has 3 aromatic heterocycles. The molecule has 9 rings (SSSR count). The van der Waals surface area contributed by atoms with Crippen molar-refractivity contribution in [3.63, 3.8) is 0 Å². The maximum Gasteiger partial charge on any atom is 0.254 e. The van der Waals surface area contributed by atoms with E-state index in [-0.39, 0.29) is 41.2 Å². The lowest BCUT2D eigenvalue weighted by atomic mass is 9.49. The summed E-state index contributed by atoms with van der Waals surface area (Å²) in [6.07, 6.45) is 7.33. The van der Waals surface area contributed by atoms with Gasteiger partial charge in [0.2, 0.25) is 11.9 Å². The molecular formula is C53H64Cl2N12O3S. The van der Waals surface area contributed by atoms with Crippen LogP contribution >= 0.6 is 34.5 Å². The molecule has 1 aliphatic carbocycles. The number of nitriles is 1. The summed E-state index contributed by atoms with van der Waals surface area (Å²) < 4.78 is 8.47. The quantitative estimate of drug-likeness (QED) is 0.0964. The number of hydrogen-bond acceptors (Lipinski definition) is 13. The highest BCUT2D eigenvalue weighted by Gasteiger charge is 2.64. The Morgan fingerprint density at radius 1 is 0.901 bits per heavy atom. The summed E-state index contributed by atoms with van der Waals surface area (Å²) in [5, 5.41) is 26.7. The van der Waals surface area contributed by atoms with Gasteiger partial charge < -0.3 is 30.1 Å². The van der Waals surface area contributed by atoms with Crippen molar-refractivity contribution in [2.75, 3.05) is 63.8 Å². The van der Waals surface area contributed by atoms with Crippen LogP contribution in [0, 0.1) is 48.9 Å².